The number of carbonyl (C=O) groups excluding carboxylic acids is 1. The van der Waals surface area contributed by atoms with Crippen molar-refractivity contribution in [2.75, 3.05) is 5.73 Å². The minimum Gasteiger partial charge on any atom is -0.399 e. The van der Waals surface area contributed by atoms with Gasteiger partial charge in [0.2, 0.25) is 0 Å². The second kappa shape index (κ2) is 7.59. The topological polar surface area (TPSA) is 85.3 Å². The first-order valence-corrected chi connectivity index (χ1v) is 8.42. The third kappa shape index (κ3) is 3.71. The predicted octanol–water partition coefficient (Wildman–Crippen LogP) is 3.83. The molecule has 2 aromatic carbocycles. The van der Waals surface area contributed by atoms with E-state index >= 15 is 0 Å². The first kappa shape index (κ1) is 18.0. The van der Waals surface area contributed by atoms with Gasteiger partial charge in [0, 0.05) is 11.3 Å². The molecule has 8 heteroatoms. The molecular formula is C18H15Cl2N5O. The van der Waals surface area contributed by atoms with Crippen molar-refractivity contribution in [1.82, 2.24) is 15.2 Å². The van der Waals surface area contributed by atoms with Gasteiger partial charge in [0.25, 0.3) is 5.91 Å². The highest BCUT2D eigenvalue weighted by Gasteiger charge is 2.15. The standard InChI is InChI=1S/C18H15Cl2N5O/c1-11-14(10-22-23-18(26)12-6-8-13(21)9-7-12)17(20)25(24-11)16-5-3-2-4-15(16)19/h2-10H,21H2,1H3,(H,23,26)/b22-10+. The molecule has 1 heterocycles. The van der Waals surface area contributed by atoms with E-state index in [0.717, 1.165) is 0 Å². The van der Waals surface area contributed by atoms with Crippen molar-refractivity contribution in [3.05, 3.63) is 75.5 Å². The predicted molar refractivity (Wildman–Crippen MR) is 104 cm³/mol. The van der Waals surface area contributed by atoms with Gasteiger partial charge in [-0.05, 0) is 43.3 Å². The van der Waals surface area contributed by atoms with Crippen LogP contribution in [0.4, 0.5) is 5.69 Å². The highest BCUT2D eigenvalue weighted by molar-refractivity contribution is 6.34. The summed E-state index contributed by atoms with van der Waals surface area (Å²) in [7, 11) is 0. The van der Waals surface area contributed by atoms with Gasteiger partial charge < -0.3 is 5.73 Å². The number of aromatic nitrogens is 2. The summed E-state index contributed by atoms with van der Waals surface area (Å²) in [6.07, 6.45) is 1.45. The zero-order valence-corrected chi connectivity index (χ0v) is 15.3. The Morgan fingerprint density at radius 3 is 2.58 bits per heavy atom. The van der Waals surface area contributed by atoms with Crippen molar-refractivity contribution in [2.45, 2.75) is 6.92 Å². The summed E-state index contributed by atoms with van der Waals surface area (Å²) < 4.78 is 1.53. The third-order valence-corrected chi connectivity index (χ3v) is 4.34. The van der Waals surface area contributed by atoms with Gasteiger partial charge in [0.1, 0.15) is 5.15 Å². The van der Waals surface area contributed by atoms with Crippen molar-refractivity contribution in [1.29, 1.82) is 0 Å². The number of carbonyl (C=O) groups is 1. The molecule has 6 nitrogen and oxygen atoms in total. The highest BCUT2D eigenvalue weighted by atomic mass is 35.5. The minimum atomic E-state index is -0.353. The fourth-order valence-electron chi connectivity index (χ4n) is 2.30. The second-order valence-corrected chi connectivity index (χ2v) is 6.24. The average molecular weight is 388 g/mol. The summed E-state index contributed by atoms with van der Waals surface area (Å²) in [6, 6.07) is 13.8. The number of aryl methyl sites for hydroxylation is 1. The average Bonchev–Trinajstić information content (AvgIpc) is 2.90. The maximum Gasteiger partial charge on any atom is 0.271 e. The number of hydrogen-bond acceptors (Lipinski definition) is 4. The van der Waals surface area contributed by atoms with Gasteiger partial charge in [0.15, 0.2) is 0 Å². The quantitative estimate of drug-likeness (QED) is 0.405. The molecule has 0 bridgehead atoms. The molecule has 3 aromatic rings. The summed E-state index contributed by atoms with van der Waals surface area (Å²) in [5.41, 5.74) is 11.0. The smallest absolute Gasteiger partial charge is 0.271 e. The summed E-state index contributed by atoms with van der Waals surface area (Å²) in [4.78, 5) is 12.1. The highest BCUT2D eigenvalue weighted by Crippen LogP contribution is 2.26. The Hall–Kier alpha value is -2.83. The van der Waals surface area contributed by atoms with Crippen molar-refractivity contribution < 1.29 is 4.79 Å². The Bertz CT molecular complexity index is 980. The van der Waals surface area contributed by atoms with Crippen LogP contribution in [0.2, 0.25) is 10.2 Å². The lowest BCUT2D eigenvalue weighted by atomic mass is 10.2. The van der Waals surface area contributed by atoms with E-state index in [2.05, 4.69) is 15.6 Å². The van der Waals surface area contributed by atoms with E-state index in [1.165, 1.54) is 10.9 Å². The maximum absolute atomic E-state index is 12.1. The second-order valence-electron chi connectivity index (χ2n) is 5.47. The van der Waals surface area contributed by atoms with Gasteiger partial charge in [-0.2, -0.15) is 10.2 Å². The zero-order chi connectivity index (χ0) is 18.7. The van der Waals surface area contributed by atoms with Crippen LogP contribution in [0.25, 0.3) is 5.69 Å². The van der Waals surface area contributed by atoms with E-state index in [-0.39, 0.29) is 5.91 Å². The number of hydrogen-bond donors (Lipinski definition) is 2. The van der Waals surface area contributed by atoms with Gasteiger partial charge >= 0.3 is 0 Å². The van der Waals surface area contributed by atoms with Crippen LogP contribution >= 0.6 is 23.2 Å². The molecule has 1 aromatic heterocycles. The van der Waals surface area contributed by atoms with E-state index in [1.54, 1.807) is 37.3 Å². The first-order valence-electron chi connectivity index (χ1n) is 7.66. The molecule has 1 amide bonds. The summed E-state index contributed by atoms with van der Waals surface area (Å²) >= 11 is 12.6. The van der Waals surface area contributed by atoms with Gasteiger partial charge in [-0.3, -0.25) is 4.79 Å². The van der Waals surface area contributed by atoms with Crippen LogP contribution in [-0.2, 0) is 0 Å². The Balaban J connectivity index is 1.80. The number of halogens is 2. The molecule has 0 atom stereocenters. The molecule has 0 fully saturated rings. The number of nitrogen functional groups attached to an aromatic ring is 1. The molecular weight excluding hydrogens is 373 g/mol. The zero-order valence-electron chi connectivity index (χ0n) is 13.8. The third-order valence-electron chi connectivity index (χ3n) is 3.66. The molecule has 0 aliphatic rings. The van der Waals surface area contributed by atoms with Crippen LogP contribution in [-0.4, -0.2) is 21.9 Å². The molecule has 26 heavy (non-hydrogen) atoms. The van der Waals surface area contributed by atoms with Crippen LogP contribution in [0.3, 0.4) is 0 Å². The molecule has 0 unspecified atom stereocenters. The van der Waals surface area contributed by atoms with E-state index in [0.29, 0.717) is 38.4 Å². The number of nitrogens with one attached hydrogen (secondary N) is 1. The summed E-state index contributed by atoms with van der Waals surface area (Å²) in [5.74, 6) is -0.353. The normalized spacial score (nSPS) is 11.0. The van der Waals surface area contributed by atoms with Gasteiger partial charge in [0.05, 0.1) is 28.2 Å². The van der Waals surface area contributed by atoms with Crippen molar-refractivity contribution in [3.8, 4) is 5.69 Å². The lowest BCUT2D eigenvalue weighted by Gasteiger charge is -2.05. The molecule has 3 rings (SSSR count). The SMILES string of the molecule is Cc1nn(-c2ccccc2Cl)c(Cl)c1/C=N/NC(=O)c1ccc(N)cc1. The maximum atomic E-state index is 12.1. The van der Waals surface area contributed by atoms with Crippen molar-refractivity contribution >= 4 is 41.0 Å². The van der Waals surface area contributed by atoms with E-state index in [1.807, 2.05) is 18.2 Å². The van der Waals surface area contributed by atoms with Gasteiger partial charge in [-0.25, -0.2) is 10.1 Å². The number of benzene rings is 2. The fourth-order valence-corrected chi connectivity index (χ4v) is 2.83. The Morgan fingerprint density at radius 2 is 1.88 bits per heavy atom. The number of nitrogens with two attached hydrogens (primary N) is 1. The van der Waals surface area contributed by atoms with Crippen LogP contribution in [0, 0.1) is 6.92 Å². The van der Waals surface area contributed by atoms with E-state index in [9.17, 15) is 4.79 Å². The van der Waals surface area contributed by atoms with Gasteiger partial charge in [-0.15, -0.1) is 0 Å². The largest absolute Gasteiger partial charge is 0.399 e. The van der Waals surface area contributed by atoms with Crippen molar-refractivity contribution in [3.63, 3.8) is 0 Å². The minimum absolute atomic E-state index is 0.348. The molecule has 0 saturated carbocycles. The van der Waals surface area contributed by atoms with Crippen molar-refractivity contribution in [2.24, 2.45) is 5.10 Å². The molecule has 132 valence electrons. The van der Waals surface area contributed by atoms with Crippen LogP contribution < -0.4 is 11.2 Å². The van der Waals surface area contributed by atoms with E-state index in [4.69, 9.17) is 28.9 Å². The number of para-hydroxylation sites is 1. The molecule has 0 aliphatic carbocycles. The Kier molecular flexibility index (Phi) is 5.25. The molecule has 0 radical (unpaired) electrons. The molecule has 0 aliphatic heterocycles. The first-order chi connectivity index (χ1) is 12.5. The van der Waals surface area contributed by atoms with Crippen LogP contribution in [0.1, 0.15) is 21.6 Å². The summed E-state index contributed by atoms with van der Waals surface area (Å²) in [6.45, 7) is 1.79. The monoisotopic (exact) mass is 387 g/mol. The van der Waals surface area contributed by atoms with Crippen LogP contribution in [0.15, 0.2) is 53.6 Å². The molecule has 0 saturated heterocycles. The Labute approximate surface area is 160 Å². The number of rotatable bonds is 4. The Morgan fingerprint density at radius 1 is 1.19 bits per heavy atom. The number of amides is 1. The van der Waals surface area contributed by atoms with Crippen LogP contribution in [0.5, 0.6) is 0 Å². The number of anilines is 1. The molecule has 3 N–H and O–H groups in total. The fraction of sp³-hybridized carbons (Fsp3) is 0.0556. The van der Waals surface area contributed by atoms with Gasteiger partial charge in [-0.1, -0.05) is 35.3 Å². The lowest BCUT2D eigenvalue weighted by molar-refractivity contribution is 0.0955. The van der Waals surface area contributed by atoms with E-state index < -0.39 is 0 Å². The lowest BCUT2D eigenvalue weighted by Crippen LogP contribution is -2.17. The number of hydrazone groups is 1. The number of nitrogens with zero attached hydrogens (tertiary/aromatic N) is 3. The molecule has 0 spiro atoms. The summed E-state index contributed by atoms with van der Waals surface area (Å²) in [5, 5.41) is 9.23.